The van der Waals surface area contributed by atoms with Gasteiger partial charge in [0.15, 0.2) is 10.3 Å². The Kier molecular flexibility index (Phi) is 3.90. The Balaban J connectivity index is 1.77. The molecule has 0 aliphatic carbocycles. The third kappa shape index (κ3) is 2.91. The highest BCUT2D eigenvalue weighted by Gasteiger charge is 2.19. The van der Waals surface area contributed by atoms with Crippen molar-refractivity contribution >= 4 is 27.4 Å². The fourth-order valence-corrected chi connectivity index (χ4v) is 3.26. The van der Waals surface area contributed by atoms with Gasteiger partial charge in [-0.2, -0.15) is 4.98 Å². The highest BCUT2D eigenvalue weighted by molar-refractivity contribution is 7.21. The van der Waals surface area contributed by atoms with Crippen LogP contribution in [0.25, 0.3) is 20.9 Å². The van der Waals surface area contributed by atoms with Gasteiger partial charge in [0, 0.05) is 11.6 Å². The first-order chi connectivity index (χ1) is 12.6. The average molecular weight is 366 g/mol. The van der Waals surface area contributed by atoms with E-state index >= 15 is 0 Å². The second kappa shape index (κ2) is 6.37. The number of nitro groups is 1. The first-order valence-electron chi connectivity index (χ1n) is 7.44. The van der Waals surface area contributed by atoms with Gasteiger partial charge in [0.1, 0.15) is 17.1 Å². The van der Waals surface area contributed by atoms with Crippen LogP contribution in [0, 0.1) is 10.1 Å². The van der Waals surface area contributed by atoms with Crippen LogP contribution in [0.15, 0.2) is 54.9 Å². The minimum absolute atomic E-state index is 0.133. The number of para-hydroxylation sites is 1. The molecule has 0 saturated heterocycles. The molecule has 2 heterocycles. The van der Waals surface area contributed by atoms with Gasteiger partial charge in [-0.1, -0.05) is 29.5 Å². The fraction of sp³-hybridized carbons (Fsp3) is 0. The lowest BCUT2D eigenvalue weighted by molar-refractivity contribution is -0.385. The van der Waals surface area contributed by atoms with Crippen molar-refractivity contribution < 1.29 is 14.8 Å². The summed E-state index contributed by atoms with van der Waals surface area (Å²) in [6, 6.07) is 13.4. The summed E-state index contributed by atoms with van der Waals surface area (Å²) >= 11 is 1.21. The molecule has 0 amide bonds. The van der Waals surface area contributed by atoms with Gasteiger partial charge in [0.05, 0.1) is 4.92 Å². The zero-order chi connectivity index (χ0) is 18.1. The van der Waals surface area contributed by atoms with Gasteiger partial charge < -0.3 is 9.84 Å². The second-order valence-electron chi connectivity index (χ2n) is 5.22. The van der Waals surface area contributed by atoms with E-state index in [0.717, 1.165) is 0 Å². The maximum Gasteiger partial charge on any atom is 0.312 e. The zero-order valence-corrected chi connectivity index (χ0v) is 13.9. The van der Waals surface area contributed by atoms with Gasteiger partial charge in [0.25, 0.3) is 0 Å². The van der Waals surface area contributed by atoms with Gasteiger partial charge in [-0.15, -0.1) is 0 Å². The van der Waals surface area contributed by atoms with E-state index in [1.807, 2.05) is 6.07 Å². The monoisotopic (exact) mass is 366 g/mol. The summed E-state index contributed by atoms with van der Waals surface area (Å²) in [5.74, 6) is 0.410. The molecule has 0 fully saturated rings. The van der Waals surface area contributed by atoms with Crippen molar-refractivity contribution in [2.45, 2.75) is 0 Å². The molecule has 26 heavy (non-hydrogen) atoms. The van der Waals surface area contributed by atoms with Crippen LogP contribution in [0.4, 0.5) is 5.69 Å². The molecule has 128 valence electrons. The Morgan fingerprint density at radius 2 is 1.92 bits per heavy atom. The Hall–Kier alpha value is -3.59. The molecule has 0 spiro atoms. The van der Waals surface area contributed by atoms with Gasteiger partial charge in [-0.25, -0.2) is 9.97 Å². The number of fused-ring (bicyclic) bond motifs is 1. The van der Waals surface area contributed by atoms with Crippen LogP contribution in [-0.4, -0.2) is 25.0 Å². The van der Waals surface area contributed by atoms with Crippen molar-refractivity contribution in [3.63, 3.8) is 0 Å². The number of aromatic nitrogens is 3. The molecular weight excluding hydrogens is 356 g/mol. The second-order valence-corrected chi connectivity index (χ2v) is 6.20. The van der Waals surface area contributed by atoms with Crippen LogP contribution in [0.3, 0.4) is 0 Å². The number of nitro benzene ring substituents is 1. The highest BCUT2D eigenvalue weighted by atomic mass is 32.1. The summed E-state index contributed by atoms with van der Waals surface area (Å²) in [6.45, 7) is 0. The van der Waals surface area contributed by atoms with E-state index in [0.29, 0.717) is 21.2 Å². The number of aromatic hydroxyl groups is 1. The van der Waals surface area contributed by atoms with E-state index in [1.54, 1.807) is 30.3 Å². The molecule has 0 atom stereocenters. The summed E-state index contributed by atoms with van der Waals surface area (Å²) < 4.78 is 5.62. The van der Waals surface area contributed by atoms with Gasteiger partial charge >= 0.3 is 5.69 Å². The molecule has 2 aromatic carbocycles. The van der Waals surface area contributed by atoms with Crippen molar-refractivity contribution in [1.82, 2.24) is 15.0 Å². The average Bonchev–Trinajstić information content (AvgIpc) is 3.08. The summed E-state index contributed by atoms with van der Waals surface area (Å²) in [5.41, 5.74) is 0.611. The highest BCUT2D eigenvalue weighted by Crippen LogP contribution is 2.38. The normalized spacial score (nSPS) is 10.8. The van der Waals surface area contributed by atoms with Crippen LogP contribution in [0.5, 0.6) is 17.4 Å². The van der Waals surface area contributed by atoms with Crippen molar-refractivity contribution in [2.75, 3.05) is 0 Å². The van der Waals surface area contributed by atoms with Crippen molar-refractivity contribution in [3.8, 4) is 28.0 Å². The van der Waals surface area contributed by atoms with Crippen LogP contribution in [-0.2, 0) is 0 Å². The lowest BCUT2D eigenvalue weighted by Crippen LogP contribution is -1.94. The number of hydrogen-bond donors (Lipinski definition) is 1. The molecule has 1 N–H and O–H groups in total. The summed E-state index contributed by atoms with van der Waals surface area (Å²) in [5, 5.41) is 21.7. The third-order valence-electron chi connectivity index (χ3n) is 3.55. The fourth-order valence-electron chi connectivity index (χ4n) is 2.36. The van der Waals surface area contributed by atoms with Crippen molar-refractivity contribution in [3.05, 3.63) is 65.0 Å². The molecule has 0 aliphatic heterocycles. The molecule has 0 saturated carbocycles. The Morgan fingerprint density at radius 1 is 1.12 bits per heavy atom. The van der Waals surface area contributed by atoms with E-state index in [9.17, 15) is 15.2 Å². The number of hydrogen-bond acceptors (Lipinski definition) is 8. The third-order valence-corrected chi connectivity index (χ3v) is 4.56. The predicted octanol–water partition coefficient (Wildman–Crippen LogP) is 4.16. The quantitative estimate of drug-likeness (QED) is 0.426. The van der Waals surface area contributed by atoms with E-state index in [4.69, 9.17) is 4.74 Å². The number of rotatable bonds is 4. The molecule has 2 aromatic heterocycles. The van der Waals surface area contributed by atoms with E-state index in [1.165, 1.54) is 29.8 Å². The standard InChI is InChI=1S/C17H10N4O4S/c22-15-14-17(19-9-18-15)26-16(20-14)10-6-7-13(12(8-10)21(23)24)25-11-4-2-1-3-5-11/h1-9H,(H,18,19,22). The lowest BCUT2D eigenvalue weighted by Gasteiger charge is -2.07. The minimum atomic E-state index is -0.508. The molecule has 4 aromatic rings. The molecule has 0 radical (unpaired) electrons. The zero-order valence-electron chi connectivity index (χ0n) is 13.1. The topological polar surface area (TPSA) is 111 Å². The van der Waals surface area contributed by atoms with E-state index < -0.39 is 4.92 Å². The van der Waals surface area contributed by atoms with Gasteiger partial charge in [-0.3, -0.25) is 10.1 Å². The number of benzene rings is 2. The van der Waals surface area contributed by atoms with Crippen molar-refractivity contribution in [1.29, 1.82) is 0 Å². The van der Waals surface area contributed by atoms with Gasteiger partial charge in [-0.05, 0) is 24.3 Å². The number of thiazole rings is 1. The van der Waals surface area contributed by atoms with Gasteiger partial charge in [0.2, 0.25) is 11.6 Å². The Morgan fingerprint density at radius 3 is 2.65 bits per heavy atom. The summed E-state index contributed by atoms with van der Waals surface area (Å²) in [6.07, 6.45) is 1.23. The first kappa shape index (κ1) is 15.9. The predicted molar refractivity (Wildman–Crippen MR) is 95.5 cm³/mol. The Labute approximate surface area is 150 Å². The molecule has 8 nitrogen and oxygen atoms in total. The minimum Gasteiger partial charge on any atom is -0.492 e. The molecule has 9 heteroatoms. The summed E-state index contributed by atoms with van der Waals surface area (Å²) in [7, 11) is 0. The van der Waals surface area contributed by atoms with E-state index in [2.05, 4.69) is 15.0 Å². The number of nitrogens with zero attached hydrogens (tertiary/aromatic N) is 4. The molecule has 0 bridgehead atoms. The first-order valence-corrected chi connectivity index (χ1v) is 8.25. The summed E-state index contributed by atoms with van der Waals surface area (Å²) in [4.78, 5) is 23.5. The molecule has 0 unspecified atom stereocenters. The maximum atomic E-state index is 11.5. The van der Waals surface area contributed by atoms with Crippen LogP contribution in [0.1, 0.15) is 0 Å². The van der Waals surface area contributed by atoms with Crippen LogP contribution in [0.2, 0.25) is 0 Å². The largest absolute Gasteiger partial charge is 0.492 e. The smallest absolute Gasteiger partial charge is 0.312 e. The maximum absolute atomic E-state index is 11.5. The SMILES string of the molecule is O=[N+]([O-])c1cc(-c2nc3c(O)ncnc3s2)ccc1Oc1ccccc1. The molecule has 4 rings (SSSR count). The van der Waals surface area contributed by atoms with Crippen molar-refractivity contribution in [2.24, 2.45) is 0 Å². The lowest BCUT2D eigenvalue weighted by atomic mass is 10.2. The molecule has 0 aliphatic rings. The Bertz CT molecular complexity index is 1110. The van der Waals surface area contributed by atoms with Crippen LogP contribution < -0.4 is 4.74 Å². The van der Waals surface area contributed by atoms with E-state index in [-0.39, 0.29) is 22.8 Å². The molecular formula is C17H10N4O4S. The van der Waals surface area contributed by atoms with Crippen LogP contribution >= 0.6 is 11.3 Å². The number of ether oxygens (including phenoxy) is 1.